The molecular weight excluding hydrogens is 308 g/mol. The third kappa shape index (κ3) is 3.26. The number of aromatic carboxylic acids is 1. The SMILES string of the molecule is CCC(C)(C)C(=O)Oc1cc(CO)cc2ccc(C)c(C(=O)O)c12. The van der Waals surface area contributed by atoms with Crippen LogP contribution in [0.4, 0.5) is 0 Å². The number of hydrogen-bond acceptors (Lipinski definition) is 4. The van der Waals surface area contributed by atoms with Crippen LogP contribution in [0.3, 0.4) is 0 Å². The van der Waals surface area contributed by atoms with Crippen molar-refractivity contribution < 1.29 is 24.5 Å². The van der Waals surface area contributed by atoms with E-state index in [1.165, 1.54) is 6.07 Å². The van der Waals surface area contributed by atoms with Gasteiger partial charge in [-0.1, -0.05) is 19.1 Å². The van der Waals surface area contributed by atoms with Crippen molar-refractivity contribution in [3.8, 4) is 5.75 Å². The fourth-order valence-corrected chi connectivity index (χ4v) is 2.42. The highest BCUT2D eigenvalue weighted by atomic mass is 16.5. The summed E-state index contributed by atoms with van der Waals surface area (Å²) in [6.07, 6.45) is 0.592. The summed E-state index contributed by atoms with van der Waals surface area (Å²) >= 11 is 0. The third-order valence-electron chi connectivity index (χ3n) is 4.39. The summed E-state index contributed by atoms with van der Waals surface area (Å²) in [5, 5.41) is 20.0. The minimum absolute atomic E-state index is 0.106. The molecule has 0 aliphatic rings. The largest absolute Gasteiger partial charge is 0.478 e. The van der Waals surface area contributed by atoms with Crippen LogP contribution in [0.5, 0.6) is 5.75 Å². The van der Waals surface area contributed by atoms with Gasteiger partial charge in [-0.05, 0) is 55.8 Å². The maximum atomic E-state index is 12.4. The third-order valence-corrected chi connectivity index (χ3v) is 4.39. The Labute approximate surface area is 140 Å². The molecule has 0 heterocycles. The van der Waals surface area contributed by atoms with Crippen LogP contribution in [0, 0.1) is 12.3 Å². The van der Waals surface area contributed by atoms with Crippen molar-refractivity contribution in [2.75, 3.05) is 0 Å². The molecule has 0 aromatic heterocycles. The summed E-state index contributed by atoms with van der Waals surface area (Å²) in [5.74, 6) is -1.34. The number of aryl methyl sites for hydroxylation is 1. The zero-order valence-corrected chi connectivity index (χ0v) is 14.3. The molecule has 0 amide bonds. The average Bonchev–Trinajstić information content (AvgIpc) is 2.54. The van der Waals surface area contributed by atoms with Crippen molar-refractivity contribution in [1.82, 2.24) is 0 Å². The van der Waals surface area contributed by atoms with Gasteiger partial charge in [0.1, 0.15) is 5.75 Å². The highest BCUT2D eigenvalue weighted by molar-refractivity contribution is 6.08. The summed E-state index contributed by atoms with van der Waals surface area (Å²) in [4.78, 5) is 24.1. The molecule has 2 rings (SSSR count). The minimum Gasteiger partial charge on any atom is -0.478 e. The molecule has 2 aromatic rings. The van der Waals surface area contributed by atoms with Gasteiger partial charge in [-0.15, -0.1) is 0 Å². The van der Waals surface area contributed by atoms with Crippen molar-refractivity contribution in [3.63, 3.8) is 0 Å². The van der Waals surface area contributed by atoms with Crippen LogP contribution in [0.25, 0.3) is 10.8 Å². The van der Waals surface area contributed by atoms with Gasteiger partial charge in [-0.2, -0.15) is 0 Å². The van der Waals surface area contributed by atoms with E-state index in [4.69, 9.17) is 4.74 Å². The first kappa shape index (κ1) is 17.9. The number of carbonyl (C=O) groups excluding carboxylic acids is 1. The van der Waals surface area contributed by atoms with Gasteiger partial charge in [0.15, 0.2) is 0 Å². The lowest BCUT2D eigenvalue weighted by Gasteiger charge is -2.21. The van der Waals surface area contributed by atoms with E-state index in [9.17, 15) is 19.8 Å². The normalized spacial score (nSPS) is 11.5. The highest BCUT2D eigenvalue weighted by Gasteiger charge is 2.29. The Kier molecular flexibility index (Phi) is 4.94. The van der Waals surface area contributed by atoms with E-state index in [1.54, 1.807) is 39.0 Å². The van der Waals surface area contributed by atoms with E-state index in [-0.39, 0.29) is 17.9 Å². The quantitative estimate of drug-likeness (QED) is 0.645. The monoisotopic (exact) mass is 330 g/mol. The number of ether oxygens (including phenoxy) is 1. The zero-order valence-electron chi connectivity index (χ0n) is 14.3. The second kappa shape index (κ2) is 6.61. The molecular formula is C19H22O5. The minimum atomic E-state index is -1.08. The molecule has 0 aliphatic carbocycles. The Hall–Kier alpha value is -2.40. The van der Waals surface area contributed by atoms with Crippen molar-refractivity contribution in [1.29, 1.82) is 0 Å². The van der Waals surface area contributed by atoms with Crippen molar-refractivity contribution >= 4 is 22.7 Å². The molecule has 24 heavy (non-hydrogen) atoms. The van der Waals surface area contributed by atoms with Gasteiger partial charge in [-0.25, -0.2) is 4.79 Å². The fraction of sp³-hybridized carbons (Fsp3) is 0.368. The van der Waals surface area contributed by atoms with Gasteiger partial charge >= 0.3 is 11.9 Å². The number of benzene rings is 2. The molecule has 0 radical (unpaired) electrons. The number of carbonyl (C=O) groups is 2. The molecule has 0 aliphatic heterocycles. The lowest BCUT2D eigenvalue weighted by Crippen LogP contribution is -2.28. The van der Waals surface area contributed by atoms with Gasteiger partial charge in [0.05, 0.1) is 17.6 Å². The van der Waals surface area contributed by atoms with Crippen molar-refractivity contribution in [2.24, 2.45) is 5.41 Å². The predicted octanol–water partition coefficient (Wildman–Crippen LogP) is 3.68. The molecule has 0 saturated carbocycles. The number of fused-ring (bicyclic) bond motifs is 1. The van der Waals surface area contributed by atoms with E-state index >= 15 is 0 Å². The molecule has 2 N–H and O–H groups in total. The van der Waals surface area contributed by atoms with Gasteiger partial charge in [0.25, 0.3) is 0 Å². The van der Waals surface area contributed by atoms with E-state index in [0.29, 0.717) is 28.3 Å². The summed E-state index contributed by atoms with van der Waals surface area (Å²) in [7, 11) is 0. The summed E-state index contributed by atoms with van der Waals surface area (Å²) in [6, 6.07) is 6.69. The molecule has 5 heteroatoms. The van der Waals surface area contributed by atoms with Crippen LogP contribution < -0.4 is 4.74 Å². The van der Waals surface area contributed by atoms with E-state index in [2.05, 4.69) is 0 Å². The lowest BCUT2D eigenvalue weighted by molar-refractivity contribution is -0.144. The van der Waals surface area contributed by atoms with Gasteiger partial charge < -0.3 is 14.9 Å². The Morgan fingerprint density at radius 1 is 1.21 bits per heavy atom. The summed E-state index contributed by atoms with van der Waals surface area (Å²) in [5.41, 5.74) is 0.557. The molecule has 128 valence electrons. The number of esters is 1. The number of rotatable bonds is 5. The lowest BCUT2D eigenvalue weighted by atomic mass is 9.90. The molecule has 0 bridgehead atoms. The van der Waals surface area contributed by atoms with E-state index < -0.39 is 17.4 Å². The van der Waals surface area contributed by atoms with Crippen LogP contribution in [-0.2, 0) is 11.4 Å². The number of aliphatic hydroxyl groups excluding tert-OH is 1. The number of carboxylic acid groups (broad SMARTS) is 1. The van der Waals surface area contributed by atoms with Gasteiger partial charge in [0.2, 0.25) is 0 Å². The molecule has 5 nitrogen and oxygen atoms in total. The maximum absolute atomic E-state index is 12.4. The number of hydrogen-bond donors (Lipinski definition) is 2. The molecule has 0 saturated heterocycles. The summed E-state index contributed by atoms with van der Waals surface area (Å²) in [6.45, 7) is 6.91. The van der Waals surface area contributed by atoms with Gasteiger partial charge in [-0.3, -0.25) is 4.79 Å². The fourth-order valence-electron chi connectivity index (χ4n) is 2.42. The second-order valence-corrected chi connectivity index (χ2v) is 6.54. The molecule has 0 spiro atoms. The Bertz CT molecular complexity index is 805. The molecule has 0 atom stereocenters. The van der Waals surface area contributed by atoms with Gasteiger partial charge in [0, 0.05) is 5.39 Å². The zero-order chi connectivity index (χ0) is 18.1. The number of carboxylic acids is 1. The van der Waals surface area contributed by atoms with E-state index in [0.717, 1.165) is 0 Å². The van der Waals surface area contributed by atoms with Crippen molar-refractivity contribution in [3.05, 3.63) is 41.0 Å². The van der Waals surface area contributed by atoms with Crippen LogP contribution >= 0.6 is 0 Å². The van der Waals surface area contributed by atoms with Crippen LogP contribution in [0.2, 0.25) is 0 Å². The molecule has 0 fully saturated rings. The van der Waals surface area contributed by atoms with E-state index in [1.807, 2.05) is 6.92 Å². The first-order valence-corrected chi connectivity index (χ1v) is 7.84. The number of aliphatic hydroxyl groups is 1. The van der Waals surface area contributed by atoms with Crippen molar-refractivity contribution in [2.45, 2.75) is 40.7 Å². The smallest absolute Gasteiger partial charge is 0.336 e. The predicted molar refractivity (Wildman–Crippen MR) is 91.3 cm³/mol. The first-order valence-electron chi connectivity index (χ1n) is 7.84. The molecule has 0 unspecified atom stereocenters. The average molecular weight is 330 g/mol. The Morgan fingerprint density at radius 2 is 1.88 bits per heavy atom. The molecule has 2 aromatic carbocycles. The Morgan fingerprint density at radius 3 is 2.42 bits per heavy atom. The highest BCUT2D eigenvalue weighted by Crippen LogP contribution is 2.34. The second-order valence-electron chi connectivity index (χ2n) is 6.54. The topological polar surface area (TPSA) is 83.8 Å². The van der Waals surface area contributed by atoms with Crippen LogP contribution in [0.15, 0.2) is 24.3 Å². The standard InChI is InChI=1S/C19H22O5/c1-5-19(3,4)18(23)24-14-9-12(10-20)8-13-7-6-11(2)15(16(13)14)17(21)22/h6-9,20H,5,10H2,1-4H3,(H,21,22). The Balaban J connectivity index is 2.72. The van der Waals surface area contributed by atoms with Crippen LogP contribution in [0.1, 0.15) is 48.7 Å². The summed E-state index contributed by atoms with van der Waals surface area (Å²) < 4.78 is 5.56. The first-order chi connectivity index (χ1) is 11.2. The van der Waals surface area contributed by atoms with Crippen LogP contribution in [-0.4, -0.2) is 22.2 Å². The maximum Gasteiger partial charge on any atom is 0.336 e.